The number of nitrogens with zero attached hydrogens (tertiary/aromatic N) is 2. The van der Waals surface area contributed by atoms with E-state index in [0.717, 1.165) is 27.1 Å². The zero-order valence-electron chi connectivity index (χ0n) is 17.1. The van der Waals surface area contributed by atoms with E-state index in [1.165, 1.54) is 5.56 Å². The van der Waals surface area contributed by atoms with Crippen molar-refractivity contribution in [1.29, 1.82) is 0 Å². The van der Waals surface area contributed by atoms with E-state index in [0.29, 0.717) is 31.3 Å². The molecular formula is C23H24N3O3S+. The third-order valence-corrected chi connectivity index (χ3v) is 6.83. The molecule has 7 heteroatoms. The monoisotopic (exact) mass is 422 g/mol. The summed E-state index contributed by atoms with van der Waals surface area (Å²) in [5, 5.41) is 0.966. The van der Waals surface area contributed by atoms with Gasteiger partial charge in [0, 0.05) is 11.3 Å². The second-order valence-corrected chi connectivity index (χ2v) is 9.40. The van der Waals surface area contributed by atoms with Crippen LogP contribution in [0.3, 0.4) is 0 Å². The zero-order valence-corrected chi connectivity index (χ0v) is 17.9. The molecule has 2 N–H and O–H groups in total. The van der Waals surface area contributed by atoms with E-state index in [9.17, 15) is 4.79 Å². The van der Waals surface area contributed by atoms with Gasteiger partial charge in [0.15, 0.2) is 11.4 Å². The Morgan fingerprint density at radius 1 is 1.20 bits per heavy atom. The smallest absolute Gasteiger partial charge is 0.465 e. The highest BCUT2D eigenvalue weighted by Gasteiger charge is 2.34. The van der Waals surface area contributed by atoms with Gasteiger partial charge in [-0.15, -0.1) is 0 Å². The van der Waals surface area contributed by atoms with Crippen molar-refractivity contribution in [1.82, 2.24) is 4.57 Å². The molecule has 0 fully saturated rings. The molecule has 0 unspecified atom stereocenters. The Balaban J connectivity index is 1.76. The van der Waals surface area contributed by atoms with Gasteiger partial charge in [-0.1, -0.05) is 41.7 Å². The van der Waals surface area contributed by atoms with Crippen molar-refractivity contribution < 1.29 is 13.7 Å². The lowest BCUT2D eigenvalue weighted by molar-refractivity contribution is -0.679. The molecule has 3 aromatic heterocycles. The van der Waals surface area contributed by atoms with Crippen molar-refractivity contribution in [2.75, 3.05) is 5.73 Å². The first-order chi connectivity index (χ1) is 14.4. The van der Waals surface area contributed by atoms with Gasteiger partial charge in [0.25, 0.3) is 0 Å². The number of fused-ring (bicyclic) bond motifs is 3. The number of nitrogen functional groups attached to an aromatic ring is 1. The Hall–Kier alpha value is -2.90. The van der Waals surface area contributed by atoms with Crippen LogP contribution in [0.5, 0.6) is 0 Å². The SMILES string of the molecule is CC1(C)Cc2c(sc3c2c(N)n(Cc2ccco2)c(=O)[n+]3Cc2ccccc2)CO1. The molecule has 0 amide bonds. The highest BCUT2D eigenvalue weighted by molar-refractivity contribution is 7.18. The van der Waals surface area contributed by atoms with E-state index in [1.54, 1.807) is 22.2 Å². The molecule has 0 aliphatic carbocycles. The van der Waals surface area contributed by atoms with Gasteiger partial charge in [0.1, 0.15) is 17.7 Å². The van der Waals surface area contributed by atoms with Gasteiger partial charge < -0.3 is 14.9 Å². The van der Waals surface area contributed by atoms with Gasteiger partial charge in [-0.05, 0) is 37.1 Å². The molecule has 0 radical (unpaired) electrons. The van der Waals surface area contributed by atoms with Crippen LogP contribution in [-0.4, -0.2) is 10.2 Å². The molecule has 6 nitrogen and oxygen atoms in total. The highest BCUT2D eigenvalue weighted by atomic mass is 32.1. The lowest BCUT2D eigenvalue weighted by Crippen LogP contribution is -2.55. The minimum atomic E-state index is -0.264. The number of nitrogens with two attached hydrogens (primary N) is 1. The maximum atomic E-state index is 13.6. The predicted molar refractivity (Wildman–Crippen MR) is 117 cm³/mol. The van der Waals surface area contributed by atoms with Crippen LogP contribution < -0.4 is 16.0 Å². The molecule has 5 rings (SSSR count). The highest BCUT2D eigenvalue weighted by Crippen LogP contribution is 2.39. The van der Waals surface area contributed by atoms with Crippen LogP contribution in [0.25, 0.3) is 10.2 Å². The van der Waals surface area contributed by atoms with Crippen LogP contribution in [0.4, 0.5) is 5.82 Å². The minimum Gasteiger partial charge on any atom is -0.465 e. The first kappa shape index (κ1) is 19.1. The maximum absolute atomic E-state index is 13.6. The van der Waals surface area contributed by atoms with E-state index in [2.05, 4.69) is 13.8 Å². The first-order valence-electron chi connectivity index (χ1n) is 9.99. The van der Waals surface area contributed by atoms with Crippen LogP contribution in [0.1, 0.15) is 35.6 Å². The average molecular weight is 423 g/mol. The summed E-state index contributed by atoms with van der Waals surface area (Å²) < 4.78 is 15.0. The third-order valence-electron chi connectivity index (χ3n) is 5.60. The summed E-state index contributed by atoms with van der Waals surface area (Å²) in [7, 11) is 0. The Labute approximate surface area is 178 Å². The average Bonchev–Trinajstić information content (AvgIpc) is 3.36. The third kappa shape index (κ3) is 3.24. The first-order valence-corrected chi connectivity index (χ1v) is 10.8. The predicted octanol–water partition coefficient (Wildman–Crippen LogP) is 3.47. The van der Waals surface area contributed by atoms with Crippen molar-refractivity contribution in [3.8, 4) is 0 Å². The molecule has 1 aliphatic rings. The molecule has 0 atom stereocenters. The number of ether oxygens (including phenoxy) is 1. The Bertz CT molecular complexity index is 1270. The Morgan fingerprint density at radius 2 is 2.00 bits per heavy atom. The summed E-state index contributed by atoms with van der Waals surface area (Å²) in [4.78, 5) is 15.6. The van der Waals surface area contributed by atoms with Gasteiger partial charge in [0.05, 0.1) is 18.5 Å². The van der Waals surface area contributed by atoms with E-state index in [-0.39, 0.29) is 11.3 Å². The van der Waals surface area contributed by atoms with Gasteiger partial charge in [0.2, 0.25) is 5.82 Å². The molecule has 4 aromatic rings. The largest absolute Gasteiger partial charge is 0.501 e. The van der Waals surface area contributed by atoms with Crippen LogP contribution in [0, 0.1) is 0 Å². The second kappa shape index (κ2) is 7.11. The summed E-state index contributed by atoms with van der Waals surface area (Å²) in [5.41, 5.74) is 8.49. The molecule has 4 heterocycles. The fraction of sp³-hybridized carbons (Fsp3) is 0.304. The van der Waals surface area contributed by atoms with Crippen molar-refractivity contribution in [2.45, 2.75) is 45.6 Å². The summed E-state index contributed by atoms with van der Waals surface area (Å²) in [6, 6.07) is 13.7. The number of benzene rings is 1. The molecule has 1 aliphatic heterocycles. The number of anilines is 1. The zero-order chi connectivity index (χ0) is 20.9. The number of furan rings is 1. The van der Waals surface area contributed by atoms with E-state index in [1.807, 2.05) is 47.0 Å². The maximum Gasteiger partial charge on any atom is 0.501 e. The van der Waals surface area contributed by atoms with E-state index in [4.69, 9.17) is 14.9 Å². The molecule has 154 valence electrons. The number of hydrogen-bond donors (Lipinski definition) is 1. The van der Waals surface area contributed by atoms with Crippen molar-refractivity contribution in [2.24, 2.45) is 0 Å². The molecule has 0 bridgehead atoms. The summed E-state index contributed by atoms with van der Waals surface area (Å²) in [6.45, 7) is 5.50. The van der Waals surface area contributed by atoms with E-state index >= 15 is 0 Å². The molecular weight excluding hydrogens is 398 g/mol. The van der Waals surface area contributed by atoms with Crippen LogP contribution >= 0.6 is 11.3 Å². The summed E-state index contributed by atoms with van der Waals surface area (Å²) in [6.07, 6.45) is 2.37. The second-order valence-electron chi connectivity index (χ2n) is 8.31. The lowest BCUT2D eigenvalue weighted by atomic mass is 9.94. The Morgan fingerprint density at radius 3 is 2.73 bits per heavy atom. The van der Waals surface area contributed by atoms with Crippen LogP contribution in [0.2, 0.25) is 0 Å². The number of rotatable bonds is 4. The quantitative estimate of drug-likeness (QED) is 0.511. The van der Waals surface area contributed by atoms with Gasteiger partial charge in [-0.2, -0.15) is 13.9 Å². The molecule has 0 saturated carbocycles. The number of thiophene rings is 1. The fourth-order valence-corrected chi connectivity index (χ4v) is 5.31. The Kier molecular flexibility index (Phi) is 4.52. The minimum absolute atomic E-state index is 0.140. The standard InChI is InChI=1S/C23H23N3O3S/c1-23(2)11-17-18(14-29-23)30-21-19(17)20(24)25(13-16-9-6-10-28-16)22(27)26(21)12-15-7-4-3-5-8-15/h3-10,24H,11-14H2,1-2H3/p+1. The molecule has 0 saturated heterocycles. The van der Waals surface area contributed by atoms with Crippen LogP contribution in [0.15, 0.2) is 57.9 Å². The number of aromatic nitrogens is 2. The van der Waals surface area contributed by atoms with Gasteiger partial charge in [-0.3, -0.25) is 0 Å². The summed E-state index contributed by atoms with van der Waals surface area (Å²) >= 11 is 1.61. The summed E-state index contributed by atoms with van der Waals surface area (Å²) in [5.74, 6) is 1.19. The normalized spacial score (nSPS) is 15.4. The van der Waals surface area contributed by atoms with Crippen molar-refractivity contribution >= 4 is 27.4 Å². The van der Waals surface area contributed by atoms with Gasteiger partial charge in [-0.25, -0.2) is 0 Å². The molecule has 0 spiro atoms. The van der Waals surface area contributed by atoms with E-state index < -0.39 is 0 Å². The lowest BCUT2D eigenvalue weighted by Gasteiger charge is -2.29. The topological polar surface area (TPSA) is 74.3 Å². The van der Waals surface area contributed by atoms with Crippen LogP contribution in [-0.2, 0) is 30.9 Å². The number of hydrogen-bond acceptors (Lipinski definition) is 5. The van der Waals surface area contributed by atoms with Crippen molar-refractivity contribution in [3.05, 3.63) is 81.0 Å². The molecule has 30 heavy (non-hydrogen) atoms. The van der Waals surface area contributed by atoms with Gasteiger partial charge >= 0.3 is 5.69 Å². The van der Waals surface area contributed by atoms with Crippen molar-refractivity contribution in [3.63, 3.8) is 0 Å². The molecule has 1 aromatic carbocycles. The fourth-order valence-electron chi connectivity index (χ4n) is 4.08.